The van der Waals surface area contributed by atoms with Crippen LogP contribution in [0.1, 0.15) is 39.9 Å². The Kier molecular flexibility index (Phi) is 6.73. The van der Waals surface area contributed by atoms with Crippen LogP contribution in [0.3, 0.4) is 0 Å². The average molecular weight is 429 g/mol. The number of nitrogens with zero attached hydrogens (tertiary/aromatic N) is 2. The number of benzene rings is 2. The lowest BCUT2D eigenvalue weighted by atomic mass is 10.0. The van der Waals surface area contributed by atoms with Gasteiger partial charge in [0.25, 0.3) is 0 Å². The zero-order valence-corrected chi connectivity index (χ0v) is 18.5. The van der Waals surface area contributed by atoms with E-state index >= 15 is 0 Å². The Hall–Kier alpha value is -2.51. The molecule has 1 heterocycles. The molecule has 0 radical (unpaired) electrons. The van der Waals surface area contributed by atoms with Crippen molar-refractivity contribution in [2.24, 2.45) is 0 Å². The normalized spacial score (nSPS) is 15.2. The molecule has 1 amide bonds. The lowest BCUT2D eigenvalue weighted by molar-refractivity contribution is -0.132. The van der Waals surface area contributed by atoms with E-state index in [0.29, 0.717) is 23.5 Å². The number of piperazine rings is 1. The van der Waals surface area contributed by atoms with Crippen LogP contribution in [0.4, 0.5) is 0 Å². The van der Waals surface area contributed by atoms with Crippen molar-refractivity contribution in [1.29, 1.82) is 0 Å². The zero-order valence-electron chi connectivity index (χ0n) is 17.7. The Labute approximate surface area is 178 Å². The topological polar surface area (TPSA) is 74.8 Å². The van der Waals surface area contributed by atoms with E-state index in [9.17, 15) is 18.0 Å². The number of carbonyl (C=O) groups excluding carboxylic acids is 2. The van der Waals surface area contributed by atoms with Gasteiger partial charge in [0.15, 0.2) is 5.78 Å². The highest BCUT2D eigenvalue weighted by atomic mass is 32.2. The van der Waals surface area contributed by atoms with Crippen LogP contribution in [0.25, 0.3) is 0 Å². The van der Waals surface area contributed by atoms with Crippen LogP contribution in [0.5, 0.6) is 0 Å². The van der Waals surface area contributed by atoms with E-state index in [0.717, 1.165) is 16.7 Å². The second kappa shape index (κ2) is 9.10. The summed E-state index contributed by atoms with van der Waals surface area (Å²) in [5, 5.41) is 0. The maximum Gasteiger partial charge on any atom is 0.243 e. The number of hydrogen-bond donors (Lipinski definition) is 0. The van der Waals surface area contributed by atoms with E-state index < -0.39 is 10.0 Å². The Bertz CT molecular complexity index is 1040. The third-order valence-electron chi connectivity index (χ3n) is 5.48. The number of ketones is 1. The van der Waals surface area contributed by atoms with Gasteiger partial charge in [-0.25, -0.2) is 8.42 Å². The lowest BCUT2D eigenvalue weighted by Gasteiger charge is -2.34. The molecule has 160 valence electrons. The molecule has 2 aromatic rings. The van der Waals surface area contributed by atoms with Crippen molar-refractivity contribution in [3.8, 4) is 0 Å². The number of hydrogen-bond acceptors (Lipinski definition) is 4. The SMILES string of the molecule is Cc1ccc(C(=O)CCC(=O)N2CCN(S(=O)(=O)c3ccc(C)cc3C)CC2)cc1. The van der Waals surface area contributed by atoms with Crippen molar-refractivity contribution in [3.63, 3.8) is 0 Å². The van der Waals surface area contributed by atoms with Crippen LogP contribution in [0.15, 0.2) is 47.4 Å². The standard InChI is InChI=1S/C23H28N2O4S/c1-17-4-7-20(8-5-17)21(26)9-11-23(27)24-12-14-25(15-13-24)30(28,29)22-10-6-18(2)16-19(22)3/h4-8,10,16H,9,11-15H2,1-3H3. The number of amides is 1. The van der Waals surface area contributed by atoms with Crippen molar-refractivity contribution in [3.05, 3.63) is 64.7 Å². The summed E-state index contributed by atoms with van der Waals surface area (Å²) in [4.78, 5) is 26.8. The van der Waals surface area contributed by atoms with Gasteiger partial charge in [0.05, 0.1) is 4.90 Å². The van der Waals surface area contributed by atoms with E-state index in [1.165, 1.54) is 4.31 Å². The highest BCUT2D eigenvalue weighted by Crippen LogP contribution is 2.22. The Morgan fingerprint density at radius 2 is 1.43 bits per heavy atom. The molecule has 0 bridgehead atoms. The van der Waals surface area contributed by atoms with Crippen LogP contribution in [0, 0.1) is 20.8 Å². The van der Waals surface area contributed by atoms with Crippen molar-refractivity contribution >= 4 is 21.7 Å². The van der Waals surface area contributed by atoms with E-state index in [2.05, 4.69) is 0 Å². The molecule has 2 aromatic carbocycles. The monoisotopic (exact) mass is 428 g/mol. The second-order valence-corrected chi connectivity index (χ2v) is 9.75. The van der Waals surface area contributed by atoms with Gasteiger partial charge < -0.3 is 4.90 Å². The van der Waals surface area contributed by atoms with Gasteiger partial charge in [-0.15, -0.1) is 0 Å². The number of sulfonamides is 1. The minimum atomic E-state index is -3.58. The number of Topliss-reactive ketones (excluding diaryl/α,β-unsaturated/α-hetero) is 1. The first-order chi connectivity index (χ1) is 14.2. The quantitative estimate of drug-likeness (QED) is 0.663. The van der Waals surface area contributed by atoms with E-state index in [-0.39, 0.29) is 37.6 Å². The molecule has 0 aromatic heterocycles. The summed E-state index contributed by atoms with van der Waals surface area (Å²) >= 11 is 0. The van der Waals surface area contributed by atoms with Crippen LogP contribution in [-0.2, 0) is 14.8 Å². The highest BCUT2D eigenvalue weighted by Gasteiger charge is 2.31. The molecule has 1 aliphatic rings. The molecule has 0 saturated carbocycles. The van der Waals surface area contributed by atoms with E-state index in [4.69, 9.17) is 0 Å². The molecule has 1 saturated heterocycles. The fourth-order valence-corrected chi connectivity index (χ4v) is 5.30. The van der Waals surface area contributed by atoms with Gasteiger partial charge in [-0.1, -0.05) is 47.5 Å². The van der Waals surface area contributed by atoms with Gasteiger partial charge in [-0.3, -0.25) is 9.59 Å². The van der Waals surface area contributed by atoms with Crippen molar-refractivity contribution in [2.45, 2.75) is 38.5 Å². The van der Waals surface area contributed by atoms with Crippen LogP contribution in [0.2, 0.25) is 0 Å². The molecule has 0 unspecified atom stereocenters. The first-order valence-electron chi connectivity index (χ1n) is 10.1. The fraction of sp³-hybridized carbons (Fsp3) is 0.391. The third kappa shape index (κ3) is 4.96. The minimum Gasteiger partial charge on any atom is -0.340 e. The molecular weight excluding hydrogens is 400 g/mol. The van der Waals surface area contributed by atoms with Gasteiger partial charge in [0, 0.05) is 44.6 Å². The van der Waals surface area contributed by atoms with Gasteiger partial charge in [-0.2, -0.15) is 4.31 Å². The number of rotatable bonds is 6. The third-order valence-corrected chi connectivity index (χ3v) is 7.54. The Morgan fingerprint density at radius 3 is 2.03 bits per heavy atom. The van der Waals surface area contributed by atoms with Crippen LogP contribution in [-0.4, -0.2) is 55.5 Å². The number of aryl methyl sites for hydroxylation is 3. The maximum absolute atomic E-state index is 13.0. The Morgan fingerprint density at radius 1 is 0.833 bits per heavy atom. The van der Waals surface area contributed by atoms with E-state index in [1.54, 1.807) is 36.1 Å². The first-order valence-corrected chi connectivity index (χ1v) is 11.6. The Balaban J connectivity index is 1.55. The molecule has 7 heteroatoms. The maximum atomic E-state index is 13.0. The summed E-state index contributed by atoms with van der Waals surface area (Å²) in [5.74, 6) is -0.168. The highest BCUT2D eigenvalue weighted by molar-refractivity contribution is 7.89. The molecule has 0 spiro atoms. The summed E-state index contributed by atoms with van der Waals surface area (Å²) in [6.07, 6.45) is 0.291. The molecule has 0 N–H and O–H groups in total. The van der Waals surface area contributed by atoms with Gasteiger partial charge in [0.1, 0.15) is 0 Å². The summed E-state index contributed by atoms with van der Waals surface area (Å²) in [7, 11) is -3.58. The van der Waals surface area contributed by atoms with Crippen molar-refractivity contribution < 1.29 is 18.0 Å². The fourth-order valence-electron chi connectivity index (χ4n) is 3.67. The molecular formula is C23H28N2O4S. The summed E-state index contributed by atoms with van der Waals surface area (Å²) in [5.41, 5.74) is 3.43. The van der Waals surface area contributed by atoms with E-state index in [1.807, 2.05) is 32.0 Å². The zero-order chi connectivity index (χ0) is 21.9. The first kappa shape index (κ1) is 22.2. The lowest BCUT2D eigenvalue weighted by Crippen LogP contribution is -2.50. The minimum absolute atomic E-state index is 0.0561. The van der Waals surface area contributed by atoms with Crippen molar-refractivity contribution in [2.75, 3.05) is 26.2 Å². The molecule has 0 atom stereocenters. The molecule has 1 aliphatic heterocycles. The predicted octanol–water partition coefficient (Wildman–Crippen LogP) is 3.11. The van der Waals surface area contributed by atoms with Crippen molar-refractivity contribution in [1.82, 2.24) is 9.21 Å². The van der Waals surface area contributed by atoms with Gasteiger partial charge in [-0.05, 0) is 32.4 Å². The molecule has 0 aliphatic carbocycles. The molecule has 6 nitrogen and oxygen atoms in total. The molecule has 1 fully saturated rings. The smallest absolute Gasteiger partial charge is 0.243 e. The van der Waals surface area contributed by atoms with Crippen LogP contribution >= 0.6 is 0 Å². The van der Waals surface area contributed by atoms with Gasteiger partial charge in [0.2, 0.25) is 15.9 Å². The summed E-state index contributed by atoms with van der Waals surface area (Å²) in [6.45, 7) is 6.86. The average Bonchev–Trinajstić information content (AvgIpc) is 2.72. The summed E-state index contributed by atoms with van der Waals surface area (Å²) < 4.78 is 27.4. The predicted molar refractivity (Wildman–Crippen MR) is 116 cm³/mol. The number of carbonyl (C=O) groups is 2. The van der Waals surface area contributed by atoms with Gasteiger partial charge >= 0.3 is 0 Å². The van der Waals surface area contributed by atoms with Crippen LogP contribution < -0.4 is 0 Å². The second-order valence-electron chi connectivity index (χ2n) is 7.84. The summed E-state index contributed by atoms with van der Waals surface area (Å²) in [6, 6.07) is 12.6. The largest absolute Gasteiger partial charge is 0.340 e. The molecule has 30 heavy (non-hydrogen) atoms. The molecule has 3 rings (SSSR count).